The van der Waals surface area contributed by atoms with Crippen LogP contribution in [0.15, 0.2) is 52.9 Å². The molecule has 1 rings (SSSR count). The Morgan fingerprint density at radius 1 is 0.818 bits per heavy atom. The molecule has 0 aliphatic carbocycles. The zero-order chi connectivity index (χ0) is 32.7. The van der Waals surface area contributed by atoms with Crippen LogP contribution in [0.3, 0.4) is 0 Å². The highest BCUT2D eigenvalue weighted by Gasteiger charge is 2.13. The standard InChI is InChI=1S/C26H55N5.C9H10O3S/c1-4-7-10-13-16-19-22-29-26(30-25(27)28)31(23-20-17-14-11-8-5-2)24-21-18-15-12-9-6-3;1-2-8-12-13(10,11)9-6-4-3-5-7-9/h4-24H2,1-3H3,(H4,27,28,29,30);2-7H,1,8H2. The monoisotopic (exact) mass is 635 g/mol. The van der Waals surface area contributed by atoms with Gasteiger partial charge in [0.1, 0.15) is 0 Å². The smallest absolute Gasteiger partial charge is 0.297 e. The summed E-state index contributed by atoms with van der Waals surface area (Å²) in [6, 6.07) is 8.00. The highest BCUT2D eigenvalue weighted by molar-refractivity contribution is 7.86. The Labute approximate surface area is 271 Å². The second-order valence-corrected chi connectivity index (χ2v) is 13.0. The van der Waals surface area contributed by atoms with Crippen molar-refractivity contribution < 1.29 is 12.6 Å². The highest BCUT2D eigenvalue weighted by atomic mass is 32.2. The fourth-order valence-corrected chi connectivity index (χ4v) is 5.60. The van der Waals surface area contributed by atoms with Gasteiger partial charge in [-0.3, -0.25) is 19.9 Å². The van der Waals surface area contributed by atoms with Crippen molar-refractivity contribution in [2.75, 3.05) is 26.2 Å². The normalized spacial score (nSPS) is 11.5. The SMILES string of the molecule is C=CCOS(=O)(=O)c1ccccc1.CCCCCCCCN=C(NC(=N)N)N(CCCCCCCC)CCCCCCCC. The Hall–Kier alpha value is -2.39. The summed E-state index contributed by atoms with van der Waals surface area (Å²) >= 11 is 0. The first-order valence-electron chi connectivity index (χ1n) is 17.3. The second kappa shape index (κ2) is 29.3. The van der Waals surface area contributed by atoms with Gasteiger partial charge in [-0.1, -0.05) is 141 Å². The Kier molecular flexibility index (Phi) is 27.7. The van der Waals surface area contributed by atoms with E-state index in [1.54, 1.807) is 18.2 Å². The van der Waals surface area contributed by atoms with Crippen molar-refractivity contribution in [3.8, 4) is 0 Å². The summed E-state index contributed by atoms with van der Waals surface area (Å²) < 4.78 is 27.3. The molecule has 0 radical (unpaired) electrons. The van der Waals surface area contributed by atoms with Gasteiger partial charge >= 0.3 is 0 Å². The van der Waals surface area contributed by atoms with Crippen molar-refractivity contribution >= 4 is 22.0 Å². The molecule has 0 aliphatic heterocycles. The molecule has 0 fully saturated rings. The van der Waals surface area contributed by atoms with Crippen molar-refractivity contribution in [2.24, 2.45) is 10.7 Å². The lowest BCUT2D eigenvalue weighted by atomic mass is 10.1. The number of benzene rings is 1. The first-order valence-corrected chi connectivity index (χ1v) is 18.7. The van der Waals surface area contributed by atoms with Gasteiger partial charge in [-0.2, -0.15) is 8.42 Å². The van der Waals surface area contributed by atoms with Crippen LogP contribution in [0.1, 0.15) is 136 Å². The van der Waals surface area contributed by atoms with Gasteiger partial charge in [0.2, 0.25) is 5.96 Å². The molecule has 0 saturated heterocycles. The number of guanidine groups is 2. The van der Waals surface area contributed by atoms with Gasteiger partial charge in [0.25, 0.3) is 10.1 Å². The summed E-state index contributed by atoms with van der Waals surface area (Å²) in [6.45, 7) is 13.0. The molecule has 0 aromatic heterocycles. The summed E-state index contributed by atoms with van der Waals surface area (Å²) in [4.78, 5) is 7.37. The van der Waals surface area contributed by atoms with Crippen LogP contribution < -0.4 is 11.1 Å². The highest BCUT2D eigenvalue weighted by Crippen LogP contribution is 2.12. The van der Waals surface area contributed by atoms with Crippen LogP contribution in [0, 0.1) is 5.41 Å². The maximum Gasteiger partial charge on any atom is 0.297 e. The third kappa shape index (κ3) is 24.0. The van der Waals surface area contributed by atoms with E-state index in [0.29, 0.717) is 0 Å². The number of hydrogen-bond donors (Lipinski definition) is 3. The van der Waals surface area contributed by atoms with Crippen LogP contribution in [0.25, 0.3) is 0 Å². The van der Waals surface area contributed by atoms with E-state index in [1.807, 2.05) is 0 Å². The van der Waals surface area contributed by atoms with Crippen LogP contribution in [-0.4, -0.2) is 51.5 Å². The van der Waals surface area contributed by atoms with Crippen molar-refractivity contribution in [3.05, 3.63) is 43.0 Å². The number of nitrogens with two attached hydrogens (primary N) is 1. The molecule has 0 unspecified atom stereocenters. The maximum absolute atomic E-state index is 11.3. The molecule has 9 heteroatoms. The lowest BCUT2D eigenvalue weighted by molar-refractivity contribution is 0.357. The largest absolute Gasteiger partial charge is 0.370 e. The topological polar surface area (TPSA) is 121 Å². The number of nitrogens with zero attached hydrogens (tertiary/aromatic N) is 2. The first-order chi connectivity index (χ1) is 21.3. The summed E-state index contributed by atoms with van der Waals surface area (Å²) in [6.07, 6.45) is 24.6. The van der Waals surface area contributed by atoms with Crippen molar-refractivity contribution in [1.29, 1.82) is 5.41 Å². The van der Waals surface area contributed by atoms with Gasteiger partial charge in [0, 0.05) is 19.6 Å². The molecule has 44 heavy (non-hydrogen) atoms. The molecule has 0 atom stereocenters. The predicted octanol–water partition coefficient (Wildman–Crippen LogP) is 8.79. The van der Waals surface area contributed by atoms with Crippen LogP contribution in [0.4, 0.5) is 0 Å². The van der Waals surface area contributed by atoms with Crippen LogP contribution in [0.2, 0.25) is 0 Å². The average Bonchev–Trinajstić information content (AvgIpc) is 3.02. The van der Waals surface area contributed by atoms with Gasteiger partial charge in [-0.05, 0) is 31.4 Å². The van der Waals surface area contributed by atoms with Crippen LogP contribution in [0.5, 0.6) is 0 Å². The van der Waals surface area contributed by atoms with E-state index in [1.165, 1.54) is 127 Å². The van der Waals surface area contributed by atoms with Gasteiger partial charge in [-0.25, -0.2) is 0 Å². The Morgan fingerprint density at radius 2 is 1.27 bits per heavy atom. The lowest BCUT2D eigenvalue weighted by Crippen LogP contribution is -2.47. The molecule has 1 aromatic carbocycles. The van der Waals surface area contributed by atoms with Gasteiger partial charge in [0.15, 0.2) is 5.96 Å². The van der Waals surface area contributed by atoms with Gasteiger partial charge in [0.05, 0.1) is 11.5 Å². The van der Waals surface area contributed by atoms with E-state index in [9.17, 15) is 8.42 Å². The van der Waals surface area contributed by atoms with Crippen molar-refractivity contribution in [2.45, 2.75) is 141 Å². The Bertz CT molecular complexity index is 938. The number of aliphatic imine (C=N–C) groups is 1. The number of nitrogens with one attached hydrogen (secondary N) is 2. The maximum atomic E-state index is 11.3. The number of unbranched alkanes of at least 4 members (excludes halogenated alkanes) is 15. The quantitative estimate of drug-likeness (QED) is 0.0325. The summed E-state index contributed by atoms with van der Waals surface area (Å²) in [5.74, 6) is 0.820. The van der Waals surface area contributed by atoms with E-state index < -0.39 is 10.1 Å². The zero-order valence-electron chi connectivity index (χ0n) is 28.3. The third-order valence-corrected chi connectivity index (χ3v) is 8.55. The molecule has 4 N–H and O–H groups in total. The van der Waals surface area contributed by atoms with Crippen LogP contribution in [-0.2, 0) is 14.3 Å². The molecule has 0 bridgehead atoms. The number of rotatable bonds is 25. The van der Waals surface area contributed by atoms with Crippen LogP contribution >= 0.6 is 0 Å². The summed E-state index contributed by atoms with van der Waals surface area (Å²) in [5, 5.41) is 10.8. The average molecular weight is 636 g/mol. The van der Waals surface area contributed by atoms with E-state index >= 15 is 0 Å². The fraction of sp³-hybridized carbons (Fsp3) is 0.714. The lowest BCUT2D eigenvalue weighted by Gasteiger charge is -2.27. The van der Waals surface area contributed by atoms with E-state index in [2.05, 4.69) is 41.7 Å². The molecule has 0 spiro atoms. The zero-order valence-corrected chi connectivity index (χ0v) is 29.1. The molecular weight excluding hydrogens is 570 g/mol. The summed E-state index contributed by atoms with van der Waals surface area (Å²) in [7, 11) is -3.59. The molecule has 1 aromatic rings. The van der Waals surface area contributed by atoms with Crippen molar-refractivity contribution in [3.63, 3.8) is 0 Å². The molecule has 0 heterocycles. The molecular formula is C35H65N5O3S. The minimum Gasteiger partial charge on any atom is -0.370 e. The minimum absolute atomic E-state index is 0.00223. The van der Waals surface area contributed by atoms with E-state index in [-0.39, 0.29) is 17.5 Å². The second-order valence-electron chi connectivity index (χ2n) is 11.4. The molecule has 8 nitrogen and oxygen atoms in total. The summed E-state index contributed by atoms with van der Waals surface area (Å²) in [5.41, 5.74) is 5.70. The molecule has 0 saturated carbocycles. The first kappa shape index (κ1) is 41.6. The van der Waals surface area contributed by atoms with Gasteiger partial charge < -0.3 is 10.6 Å². The van der Waals surface area contributed by atoms with E-state index in [0.717, 1.165) is 32.0 Å². The third-order valence-electron chi connectivity index (χ3n) is 7.26. The number of hydrogen-bond acceptors (Lipinski definition) is 5. The Balaban J connectivity index is 0.00000117. The molecule has 0 aliphatic rings. The van der Waals surface area contributed by atoms with Crippen molar-refractivity contribution in [1.82, 2.24) is 10.2 Å². The molecule has 0 amide bonds. The Morgan fingerprint density at radius 3 is 1.73 bits per heavy atom. The molecule has 254 valence electrons. The minimum atomic E-state index is -3.59. The van der Waals surface area contributed by atoms with Gasteiger partial charge in [-0.15, -0.1) is 6.58 Å². The predicted molar refractivity (Wildman–Crippen MR) is 189 cm³/mol. The van der Waals surface area contributed by atoms with E-state index in [4.69, 9.17) is 16.1 Å². The fourth-order valence-electron chi connectivity index (χ4n) is 4.70.